The molecule has 0 aliphatic carbocycles. The molecule has 0 bridgehead atoms. The minimum Gasteiger partial charge on any atom is -0.465 e. The Morgan fingerprint density at radius 3 is 2.62 bits per heavy atom. The molecule has 0 aromatic heterocycles. The summed E-state index contributed by atoms with van der Waals surface area (Å²) in [6.45, 7) is 4.25. The van der Waals surface area contributed by atoms with Crippen molar-refractivity contribution in [2.24, 2.45) is 0 Å². The van der Waals surface area contributed by atoms with Crippen LogP contribution in [0.15, 0.2) is 24.3 Å². The molecule has 0 saturated carbocycles. The predicted molar refractivity (Wildman–Crippen MR) is 101 cm³/mol. The molecule has 1 atom stereocenters. The first-order valence-electron chi connectivity index (χ1n) is 8.87. The van der Waals surface area contributed by atoms with E-state index in [4.69, 9.17) is 16.3 Å². The van der Waals surface area contributed by atoms with Gasteiger partial charge in [-0.1, -0.05) is 17.7 Å². The van der Waals surface area contributed by atoms with Gasteiger partial charge in [0, 0.05) is 43.4 Å². The van der Waals surface area contributed by atoms with Crippen molar-refractivity contribution in [3.05, 3.63) is 29.3 Å². The zero-order valence-electron chi connectivity index (χ0n) is 14.8. The first kappa shape index (κ1) is 19.4. The average molecular weight is 402 g/mol. The van der Waals surface area contributed by atoms with Gasteiger partial charge in [-0.15, -0.1) is 0 Å². The molecular formula is C17H24ClN3O4S. The highest BCUT2D eigenvalue weighted by Crippen LogP contribution is 2.26. The molecule has 0 amide bonds. The Hall–Kier alpha value is -1.35. The first-order valence-corrected chi connectivity index (χ1v) is 10.6. The standard InChI is InChI=1S/C17H24ClN3O4S/c1-2-25-17(22)16-7-4-8-21(16)26(23,24)20-11-9-19(10-12-20)15-6-3-5-14(18)13-15/h3,5-6,13,16H,2,4,7-12H2,1H3/t16-/m1/s1. The van der Waals surface area contributed by atoms with Gasteiger partial charge in [0.05, 0.1) is 6.61 Å². The summed E-state index contributed by atoms with van der Waals surface area (Å²) in [5.41, 5.74) is 0.986. The third-order valence-corrected chi connectivity index (χ3v) is 7.08. The fourth-order valence-electron chi connectivity index (χ4n) is 3.49. The molecule has 26 heavy (non-hydrogen) atoms. The first-order chi connectivity index (χ1) is 12.4. The van der Waals surface area contributed by atoms with Crippen LogP contribution < -0.4 is 4.90 Å². The topological polar surface area (TPSA) is 70.2 Å². The highest BCUT2D eigenvalue weighted by atomic mass is 35.5. The molecule has 3 rings (SSSR count). The molecule has 2 aliphatic heterocycles. The highest BCUT2D eigenvalue weighted by Gasteiger charge is 2.43. The van der Waals surface area contributed by atoms with E-state index in [1.165, 1.54) is 8.61 Å². The monoisotopic (exact) mass is 401 g/mol. The maximum Gasteiger partial charge on any atom is 0.324 e. The Morgan fingerprint density at radius 2 is 1.96 bits per heavy atom. The lowest BCUT2D eigenvalue weighted by Crippen LogP contribution is -2.55. The fraction of sp³-hybridized carbons (Fsp3) is 0.588. The van der Waals surface area contributed by atoms with Crippen LogP contribution in [0.1, 0.15) is 19.8 Å². The number of halogens is 1. The summed E-state index contributed by atoms with van der Waals surface area (Å²) >= 11 is 6.04. The van der Waals surface area contributed by atoms with Gasteiger partial charge in [-0.05, 0) is 38.0 Å². The van der Waals surface area contributed by atoms with Gasteiger partial charge in [-0.2, -0.15) is 17.0 Å². The summed E-state index contributed by atoms with van der Waals surface area (Å²) in [6.07, 6.45) is 1.19. The minimum absolute atomic E-state index is 0.252. The van der Waals surface area contributed by atoms with Gasteiger partial charge in [-0.3, -0.25) is 4.79 Å². The second-order valence-corrected chi connectivity index (χ2v) is 8.71. The zero-order chi connectivity index (χ0) is 18.7. The molecule has 2 heterocycles. The number of ether oxygens (including phenoxy) is 1. The largest absolute Gasteiger partial charge is 0.465 e. The molecular weight excluding hydrogens is 378 g/mol. The van der Waals surface area contributed by atoms with Gasteiger partial charge in [0.15, 0.2) is 0 Å². The van der Waals surface area contributed by atoms with E-state index in [-0.39, 0.29) is 6.61 Å². The summed E-state index contributed by atoms with van der Waals surface area (Å²) in [7, 11) is -3.67. The van der Waals surface area contributed by atoms with Crippen molar-refractivity contribution in [2.45, 2.75) is 25.8 Å². The van der Waals surface area contributed by atoms with Gasteiger partial charge >= 0.3 is 5.97 Å². The molecule has 0 spiro atoms. The van der Waals surface area contributed by atoms with Crippen LogP contribution in [0.5, 0.6) is 0 Å². The van der Waals surface area contributed by atoms with Crippen molar-refractivity contribution >= 4 is 33.5 Å². The number of benzene rings is 1. The number of piperazine rings is 1. The number of esters is 1. The summed E-state index contributed by atoms with van der Waals surface area (Å²) in [6, 6.07) is 6.84. The molecule has 2 aliphatic rings. The predicted octanol–water partition coefficient (Wildman–Crippen LogP) is 1.73. The van der Waals surface area contributed by atoms with Crippen LogP contribution in [0.2, 0.25) is 5.02 Å². The molecule has 9 heteroatoms. The molecule has 2 fully saturated rings. The number of carbonyl (C=O) groups excluding carboxylic acids is 1. The SMILES string of the molecule is CCOC(=O)[C@H]1CCCN1S(=O)(=O)N1CCN(c2cccc(Cl)c2)CC1. The number of hydrogen-bond acceptors (Lipinski definition) is 5. The van der Waals surface area contributed by atoms with Crippen LogP contribution >= 0.6 is 11.6 Å². The van der Waals surface area contributed by atoms with Crippen molar-refractivity contribution < 1.29 is 17.9 Å². The molecule has 0 N–H and O–H groups in total. The molecule has 1 aromatic rings. The number of hydrogen-bond donors (Lipinski definition) is 0. The van der Waals surface area contributed by atoms with E-state index >= 15 is 0 Å². The van der Waals surface area contributed by atoms with Crippen molar-refractivity contribution in [2.75, 3.05) is 44.2 Å². The molecule has 2 saturated heterocycles. The lowest BCUT2D eigenvalue weighted by atomic mass is 10.2. The second-order valence-electron chi connectivity index (χ2n) is 6.39. The summed E-state index contributed by atoms with van der Waals surface area (Å²) in [5.74, 6) is -0.453. The number of rotatable bonds is 5. The van der Waals surface area contributed by atoms with Crippen LogP contribution in [0.4, 0.5) is 5.69 Å². The van der Waals surface area contributed by atoms with Crippen molar-refractivity contribution in [1.29, 1.82) is 0 Å². The van der Waals surface area contributed by atoms with Crippen molar-refractivity contribution in [3.8, 4) is 0 Å². The fourth-order valence-corrected chi connectivity index (χ4v) is 5.47. The highest BCUT2D eigenvalue weighted by molar-refractivity contribution is 7.86. The summed E-state index contributed by atoms with van der Waals surface area (Å²) in [5, 5.41) is 0.659. The maximum absolute atomic E-state index is 13.0. The number of carbonyl (C=O) groups is 1. The van der Waals surface area contributed by atoms with E-state index in [1.807, 2.05) is 24.3 Å². The Bertz CT molecular complexity index is 750. The van der Waals surface area contributed by atoms with Crippen molar-refractivity contribution in [3.63, 3.8) is 0 Å². The quantitative estimate of drug-likeness (QED) is 0.703. The van der Waals surface area contributed by atoms with E-state index in [2.05, 4.69) is 4.90 Å². The molecule has 144 valence electrons. The molecule has 0 radical (unpaired) electrons. The van der Waals surface area contributed by atoms with Crippen LogP contribution in [0.25, 0.3) is 0 Å². The molecule has 7 nitrogen and oxygen atoms in total. The summed E-state index contributed by atoms with van der Waals surface area (Å²) in [4.78, 5) is 14.2. The van der Waals surface area contributed by atoms with E-state index < -0.39 is 22.2 Å². The van der Waals surface area contributed by atoms with E-state index in [0.717, 1.165) is 5.69 Å². The number of nitrogens with zero attached hydrogens (tertiary/aromatic N) is 3. The van der Waals surface area contributed by atoms with Crippen molar-refractivity contribution in [1.82, 2.24) is 8.61 Å². The van der Waals surface area contributed by atoms with Gasteiger partial charge < -0.3 is 9.64 Å². The van der Waals surface area contributed by atoms with Gasteiger partial charge in [0.1, 0.15) is 6.04 Å². The van der Waals surface area contributed by atoms with Gasteiger partial charge in [-0.25, -0.2) is 0 Å². The van der Waals surface area contributed by atoms with Crippen LogP contribution in [-0.4, -0.2) is 68.4 Å². The van der Waals surface area contributed by atoms with Gasteiger partial charge in [0.25, 0.3) is 10.2 Å². The number of anilines is 1. The third-order valence-electron chi connectivity index (χ3n) is 4.80. The van der Waals surface area contributed by atoms with Crippen LogP contribution in [0.3, 0.4) is 0 Å². The van der Waals surface area contributed by atoms with E-state index in [9.17, 15) is 13.2 Å². The third kappa shape index (κ3) is 3.98. The van der Waals surface area contributed by atoms with E-state index in [1.54, 1.807) is 6.92 Å². The second kappa shape index (κ2) is 8.12. The zero-order valence-corrected chi connectivity index (χ0v) is 16.4. The Kier molecular flexibility index (Phi) is 6.06. The minimum atomic E-state index is -3.67. The normalized spacial score (nSPS) is 22.5. The van der Waals surface area contributed by atoms with Gasteiger partial charge in [0.2, 0.25) is 0 Å². The summed E-state index contributed by atoms with van der Waals surface area (Å²) < 4.78 is 33.8. The lowest BCUT2D eigenvalue weighted by Gasteiger charge is -2.37. The van der Waals surface area contributed by atoms with Crippen LogP contribution in [0, 0.1) is 0 Å². The smallest absolute Gasteiger partial charge is 0.324 e. The maximum atomic E-state index is 13.0. The van der Waals surface area contributed by atoms with E-state index in [0.29, 0.717) is 50.6 Å². The Labute approximate surface area is 159 Å². The Balaban J connectivity index is 1.67. The van der Waals surface area contributed by atoms with Crippen LogP contribution in [-0.2, 0) is 19.7 Å². The molecule has 1 aromatic carbocycles. The lowest BCUT2D eigenvalue weighted by molar-refractivity contribution is -0.146. The Morgan fingerprint density at radius 1 is 1.23 bits per heavy atom. The molecule has 0 unspecified atom stereocenters. The average Bonchev–Trinajstić information content (AvgIpc) is 3.13.